The topological polar surface area (TPSA) is 112 Å². The number of carboxylic acids is 1. The first-order valence-electron chi connectivity index (χ1n) is 2.36. The zero-order valence-electron chi connectivity index (χ0n) is 5.00. The predicted octanol–water partition coefficient (Wildman–Crippen LogP) is 1.18. The van der Waals surface area contributed by atoms with Crippen molar-refractivity contribution in [2.45, 2.75) is 0 Å². The highest BCUT2D eigenvalue weighted by atomic mass is 32.1. The quantitative estimate of drug-likeness (QED) is 0.408. The van der Waals surface area contributed by atoms with Crippen molar-refractivity contribution in [3.8, 4) is 0 Å². The lowest BCUT2D eigenvalue weighted by Gasteiger charge is -1.82. The standard InChI is InChI=1S/C3HN5O2S/c4-7-5-2-1(3(9)10)11-8-6-2/h(H,9,10). The van der Waals surface area contributed by atoms with Crippen molar-refractivity contribution in [2.24, 2.45) is 5.11 Å². The molecule has 1 aromatic rings. The maximum atomic E-state index is 10.3. The maximum absolute atomic E-state index is 10.3. The molecule has 7 nitrogen and oxygen atoms in total. The number of hydrogen-bond acceptors (Lipinski definition) is 5. The predicted molar refractivity (Wildman–Crippen MR) is 35.7 cm³/mol. The van der Waals surface area contributed by atoms with Crippen LogP contribution in [0.5, 0.6) is 0 Å². The van der Waals surface area contributed by atoms with Crippen LogP contribution < -0.4 is 0 Å². The van der Waals surface area contributed by atoms with Crippen molar-refractivity contribution in [1.82, 2.24) is 9.59 Å². The summed E-state index contributed by atoms with van der Waals surface area (Å²) in [4.78, 5) is 12.5. The fourth-order valence-corrected chi connectivity index (χ4v) is 0.870. The van der Waals surface area contributed by atoms with Gasteiger partial charge in [-0.25, -0.2) is 4.79 Å². The first kappa shape index (κ1) is 7.45. The summed E-state index contributed by atoms with van der Waals surface area (Å²) >= 11 is 0.672. The summed E-state index contributed by atoms with van der Waals surface area (Å²) in [6.45, 7) is 0. The number of aromatic nitrogens is 2. The van der Waals surface area contributed by atoms with Gasteiger partial charge in [-0.05, 0) is 22.2 Å². The highest BCUT2D eigenvalue weighted by Crippen LogP contribution is 2.18. The van der Waals surface area contributed by atoms with Gasteiger partial charge in [-0.15, -0.1) is 5.10 Å². The highest BCUT2D eigenvalue weighted by Gasteiger charge is 2.12. The van der Waals surface area contributed by atoms with Crippen LogP contribution in [0.25, 0.3) is 10.4 Å². The number of nitrogens with zero attached hydrogens (tertiary/aromatic N) is 5. The van der Waals surface area contributed by atoms with E-state index < -0.39 is 5.97 Å². The van der Waals surface area contributed by atoms with Crippen LogP contribution in [0.2, 0.25) is 0 Å². The number of carbonyl (C=O) groups is 1. The molecule has 0 aliphatic rings. The fourth-order valence-electron chi connectivity index (χ4n) is 0.429. The van der Waals surface area contributed by atoms with Gasteiger partial charge in [0.1, 0.15) is 0 Å². The normalized spacial score (nSPS) is 8.73. The smallest absolute Gasteiger partial charge is 0.349 e. The molecular weight excluding hydrogens is 170 g/mol. The molecular formula is C3HN5O2S. The molecule has 0 amide bonds. The average Bonchev–Trinajstić information content (AvgIpc) is 2.36. The highest BCUT2D eigenvalue weighted by molar-refractivity contribution is 7.08. The molecule has 1 aromatic heterocycles. The van der Waals surface area contributed by atoms with E-state index in [1.165, 1.54) is 0 Å². The van der Waals surface area contributed by atoms with Crippen LogP contribution in [0.3, 0.4) is 0 Å². The zero-order chi connectivity index (χ0) is 8.27. The summed E-state index contributed by atoms with van der Waals surface area (Å²) in [5, 5.41) is 14.7. The molecule has 0 bridgehead atoms. The van der Waals surface area contributed by atoms with Crippen LogP contribution in [-0.2, 0) is 0 Å². The molecule has 0 atom stereocenters. The van der Waals surface area contributed by atoms with E-state index in [9.17, 15) is 4.79 Å². The molecule has 11 heavy (non-hydrogen) atoms. The Bertz CT molecular complexity index is 310. The van der Waals surface area contributed by atoms with Crippen molar-refractivity contribution >= 4 is 23.3 Å². The number of carboxylic acid groups (broad SMARTS) is 1. The van der Waals surface area contributed by atoms with Crippen LogP contribution in [0.15, 0.2) is 5.11 Å². The van der Waals surface area contributed by atoms with Gasteiger partial charge in [0, 0.05) is 4.91 Å². The Labute approximate surface area is 64.1 Å². The molecule has 8 heteroatoms. The van der Waals surface area contributed by atoms with Gasteiger partial charge in [-0.3, -0.25) is 0 Å². The lowest BCUT2D eigenvalue weighted by atomic mass is 10.5. The van der Waals surface area contributed by atoms with Crippen molar-refractivity contribution in [3.05, 3.63) is 15.3 Å². The molecule has 0 aliphatic carbocycles. The monoisotopic (exact) mass is 171 g/mol. The minimum Gasteiger partial charge on any atom is -0.477 e. The molecule has 56 valence electrons. The van der Waals surface area contributed by atoms with Gasteiger partial charge in [-0.1, -0.05) is 4.49 Å². The zero-order valence-corrected chi connectivity index (χ0v) is 5.82. The van der Waals surface area contributed by atoms with Gasteiger partial charge < -0.3 is 5.11 Å². The van der Waals surface area contributed by atoms with Crippen LogP contribution in [0.4, 0.5) is 5.82 Å². The SMILES string of the molecule is [N-]=[N+]=Nc1nnsc1C(=O)O. The molecule has 0 unspecified atom stereocenters. The van der Waals surface area contributed by atoms with Gasteiger partial charge in [0.05, 0.1) is 0 Å². The van der Waals surface area contributed by atoms with E-state index in [0.29, 0.717) is 11.5 Å². The van der Waals surface area contributed by atoms with Gasteiger partial charge in [0.15, 0.2) is 10.7 Å². The van der Waals surface area contributed by atoms with Crippen LogP contribution in [0.1, 0.15) is 9.67 Å². The van der Waals surface area contributed by atoms with Gasteiger partial charge >= 0.3 is 5.97 Å². The largest absolute Gasteiger partial charge is 0.477 e. The number of hydrogen-bond donors (Lipinski definition) is 1. The lowest BCUT2D eigenvalue weighted by molar-refractivity contribution is 0.0703. The first-order chi connectivity index (χ1) is 5.25. The van der Waals surface area contributed by atoms with E-state index in [-0.39, 0.29) is 10.7 Å². The van der Waals surface area contributed by atoms with Crippen LogP contribution in [0, 0.1) is 0 Å². The Morgan fingerprint density at radius 1 is 1.82 bits per heavy atom. The molecule has 0 fully saturated rings. The van der Waals surface area contributed by atoms with E-state index in [0.717, 1.165) is 0 Å². The minimum atomic E-state index is -1.19. The van der Waals surface area contributed by atoms with E-state index in [4.69, 9.17) is 10.6 Å². The van der Waals surface area contributed by atoms with Crippen LogP contribution in [-0.4, -0.2) is 20.7 Å². The number of azide groups is 1. The molecule has 0 radical (unpaired) electrons. The number of rotatable bonds is 2. The van der Waals surface area contributed by atoms with E-state index in [2.05, 4.69) is 19.6 Å². The molecule has 0 spiro atoms. The first-order valence-corrected chi connectivity index (χ1v) is 3.14. The third-order valence-corrected chi connectivity index (χ3v) is 1.51. The summed E-state index contributed by atoms with van der Waals surface area (Å²) < 4.78 is 3.31. The van der Waals surface area contributed by atoms with Gasteiger partial charge in [-0.2, -0.15) is 0 Å². The lowest BCUT2D eigenvalue weighted by Crippen LogP contribution is -1.91. The van der Waals surface area contributed by atoms with Crippen LogP contribution >= 0.6 is 11.5 Å². The summed E-state index contributed by atoms with van der Waals surface area (Å²) in [7, 11) is 0. The van der Waals surface area contributed by atoms with Gasteiger partial charge in [0.2, 0.25) is 0 Å². The Morgan fingerprint density at radius 3 is 3.09 bits per heavy atom. The third kappa shape index (κ3) is 1.42. The number of aromatic carboxylic acids is 1. The molecule has 1 heterocycles. The minimum absolute atomic E-state index is 0.150. The Morgan fingerprint density at radius 2 is 2.55 bits per heavy atom. The van der Waals surface area contributed by atoms with Gasteiger partial charge in [0.25, 0.3) is 0 Å². The molecule has 0 saturated carbocycles. The third-order valence-electron chi connectivity index (χ3n) is 0.804. The summed E-state index contributed by atoms with van der Waals surface area (Å²) in [5.41, 5.74) is 7.95. The molecule has 1 rings (SSSR count). The summed E-state index contributed by atoms with van der Waals surface area (Å²) in [5.74, 6) is -1.38. The molecule has 0 aromatic carbocycles. The van der Waals surface area contributed by atoms with E-state index in [1.807, 2.05) is 0 Å². The van der Waals surface area contributed by atoms with Crippen molar-refractivity contribution in [3.63, 3.8) is 0 Å². The second-order valence-corrected chi connectivity index (χ2v) is 2.17. The second kappa shape index (κ2) is 2.95. The maximum Gasteiger partial charge on any atom is 0.349 e. The second-order valence-electron chi connectivity index (χ2n) is 1.42. The van der Waals surface area contributed by atoms with E-state index in [1.54, 1.807) is 0 Å². The Balaban J connectivity index is 3.15. The van der Waals surface area contributed by atoms with E-state index >= 15 is 0 Å². The van der Waals surface area contributed by atoms with Crippen molar-refractivity contribution < 1.29 is 9.90 Å². The average molecular weight is 171 g/mol. The van der Waals surface area contributed by atoms with Crippen molar-refractivity contribution in [1.29, 1.82) is 0 Å². The summed E-state index contributed by atoms with van der Waals surface area (Å²) in [6, 6.07) is 0. The molecule has 0 saturated heterocycles. The Hall–Kier alpha value is -1.66. The molecule has 1 N–H and O–H groups in total. The fraction of sp³-hybridized carbons (Fsp3) is 0. The molecule has 0 aliphatic heterocycles. The Kier molecular flexibility index (Phi) is 2.00. The summed E-state index contributed by atoms with van der Waals surface area (Å²) in [6.07, 6.45) is 0. The van der Waals surface area contributed by atoms with Crippen molar-refractivity contribution in [2.75, 3.05) is 0 Å².